The third-order valence-corrected chi connectivity index (χ3v) is 5.16. The molecule has 2 aromatic rings. The average molecular weight is 453 g/mol. The Labute approximate surface area is 198 Å². The number of esters is 1. The van der Waals surface area contributed by atoms with Crippen molar-refractivity contribution in [2.45, 2.75) is 65.4 Å². The first-order valence-corrected chi connectivity index (χ1v) is 11.2. The van der Waals surface area contributed by atoms with Crippen LogP contribution in [-0.4, -0.2) is 31.6 Å². The Bertz CT molecular complexity index is 1010. The SMILES string of the molecule is CCOC(=O)c1ccc(C#CC(O)c2cc(C(C)(C)C)cc(C(C)(C)C)c2OCOC)cc1. The summed E-state index contributed by atoms with van der Waals surface area (Å²) in [6.07, 6.45) is -1.06. The van der Waals surface area contributed by atoms with E-state index < -0.39 is 6.10 Å². The standard InChI is InChI=1S/C28H36O5/c1-9-32-26(30)20-13-10-19(11-14-20)12-15-24(29)22-16-21(27(2,3)4)17-23(28(5,6)7)25(22)33-18-31-8/h10-11,13-14,16-17,24,29H,9,18H2,1-8H3. The van der Waals surface area contributed by atoms with Gasteiger partial charge < -0.3 is 19.3 Å². The zero-order valence-corrected chi connectivity index (χ0v) is 21.0. The van der Waals surface area contributed by atoms with Crippen molar-refractivity contribution in [2.24, 2.45) is 0 Å². The minimum atomic E-state index is -1.06. The molecule has 0 aliphatic rings. The number of aliphatic hydroxyl groups is 1. The highest BCUT2D eigenvalue weighted by atomic mass is 16.7. The lowest BCUT2D eigenvalue weighted by Crippen LogP contribution is -2.20. The maximum Gasteiger partial charge on any atom is 0.338 e. The Morgan fingerprint density at radius 3 is 2.18 bits per heavy atom. The highest BCUT2D eigenvalue weighted by Gasteiger charge is 2.28. The number of carbonyl (C=O) groups excluding carboxylic acids is 1. The summed E-state index contributed by atoms with van der Waals surface area (Å²) < 4.78 is 16.1. The first kappa shape index (κ1) is 26.4. The smallest absolute Gasteiger partial charge is 0.338 e. The molecule has 0 fully saturated rings. The molecule has 5 nitrogen and oxygen atoms in total. The van der Waals surface area contributed by atoms with Crippen LogP contribution in [0.5, 0.6) is 5.75 Å². The first-order valence-electron chi connectivity index (χ1n) is 11.2. The Kier molecular flexibility index (Phi) is 8.71. The van der Waals surface area contributed by atoms with Gasteiger partial charge in [0.2, 0.25) is 0 Å². The molecule has 1 N–H and O–H groups in total. The van der Waals surface area contributed by atoms with Crippen molar-refractivity contribution >= 4 is 5.97 Å². The molecule has 2 rings (SSSR count). The zero-order chi connectivity index (χ0) is 24.8. The van der Waals surface area contributed by atoms with Crippen LogP contribution < -0.4 is 4.74 Å². The van der Waals surface area contributed by atoms with Gasteiger partial charge in [0, 0.05) is 23.8 Å². The van der Waals surface area contributed by atoms with Gasteiger partial charge in [-0.2, -0.15) is 0 Å². The minimum absolute atomic E-state index is 0.0699. The summed E-state index contributed by atoms with van der Waals surface area (Å²) in [7, 11) is 1.57. The second-order valence-electron chi connectivity index (χ2n) is 9.96. The van der Waals surface area contributed by atoms with Gasteiger partial charge >= 0.3 is 5.97 Å². The highest BCUT2D eigenvalue weighted by Crippen LogP contribution is 2.40. The van der Waals surface area contributed by atoms with Crippen LogP contribution in [-0.2, 0) is 20.3 Å². The van der Waals surface area contributed by atoms with Crippen LogP contribution in [0, 0.1) is 11.8 Å². The molecule has 0 spiro atoms. The fourth-order valence-corrected chi connectivity index (χ4v) is 3.26. The maximum absolute atomic E-state index is 11.8. The molecule has 0 saturated heterocycles. The normalized spacial score (nSPS) is 12.5. The highest BCUT2D eigenvalue weighted by molar-refractivity contribution is 5.89. The summed E-state index contributed by atoms with van der Waals surface area (Å²) >= 11 is 0. The van der Waals surface area contributed by atoms with Crippen molar-refractivity contribution in [3.05, 3.63) is 64.2 Å². The second kappa shape index (κ2) is 10.9. The van der Waals surface area contributed by atoms with Crippen LogP contribution in [0.3, 0.4) is 0 Å². The van der Waals surface area contributed by atoms with Gasteiger partial charge in [-0.05, 0) is 53.6 Å². The van der Waals surface area contributed by atoms with E-state index in [4.69, 9.17) is 14.2 Å². The number of ether oxygens (including phenoxy) is 3. The predicted molar refractivity (Wildman–Crippen MR) is 131 cm³/mol. The molecule has 0 aliphatic heterocycles. The van der Waals surface area contributed by atoms with Crippen molar-refractivity contribution in [3.63, 3.8) is 0 Å². The largest absolute Gasteiger partial charge is 0.467 e. The topological polar surface area (TPSA) is 65.0 Å². The van der Waals surface area contributed by atoms with Crippen molar-refractivity contribution in [1.29, 1.82) is 0 Å². The van der Waals surface area contributed by atoms with Crippen molar-refractivity contribution in [2.75, 3.05) is 20.5 Å². The molecule has 1 unspecified atom stereocenters. The average Bonchev–Trinajstić information content (AvgIpc) is 2.74. The fourth-order valence-electron chi connectivity index (χ4n) is 3.26. The molecule has 0 saturated carbocycles. The molecule has 0 amide bonds. The first-order chi connectivity index (χ1) is 15.4. The number of hydrogen-bond donors (Lipinski definition) is 1. The third kappa shape index (κ3) is 7.08. The summed E-state index contributed by atoms with van der Waals surface area (Å²) in [5, 5.41) is 11.1. The summed E-state index contributed by atoms with van der Waals surface area (Å²) in [6, 6.07) is 10.9. The predicted octanol–water partition coefficient (Wildman–Crippen LogP) is 5.53. The molecule has 5 heteroatoms. The monoisotopic (exact) mass is 452 g/mol. The fraction of sp³-hybridized carbons (Fsp3) is 0.464. The Balaban J connectivity index is 2.50. The lowest BCUT2D eigenvalue weighted by molar-refractivity contribution is 0.0475. The Morgan fingerprint density at radius 1 is 1.03 bits per heavy atom. The molecule has 0 aliphatic carbocycles. The van der Waals surface area contributed by atoms with Crippen molar-refractivity contribution < 1.29 is 24.1 Å². The van der Waals surface area contributed by atoms with E-state index in [-0.39, 0.29) is 23.6 Å². The number of rotatable bonds is 6. The van der Waals surface area contributed by atoms with Crippen LogP contribution in [0.15, 0.2) is 36.4 Å². The van der Waals surface area contributed by atoms with Crippen molar-refractivity contribution in [1.82, 2.24) is 0 Å². The second-order valence-corrected chi connectivity index (χ2v) is 9.96. The number of methoxy groups -OCH3 is 1. The van der Waals surface area contributed by atoms with E-state index >= 15 is 0 Å². The van der Waals surface area contributed by atoms with E-state index in [2.05, 4.69) is 59.4 Å². The molecule has 178 valence electrons. The van der Waals surface area contributed by atoms with E-state index in [1.54, 1.807) is 38.3 Å². The Hall–Kier alpha value is -2.81. The van der Waals surface area contributed by atoms with Crippen molar-refractivity contribution in [3.8, 4) is 17.6 Å². The van der Waals surface area contributed by atoms with E-state index in [0.29, 0.717) is 29.0 Å². The zero-order valence-electron chi connectivity index (χ0n) is 21.0. The summed E-state index contributed by atoms with van der Waals surface area (Å²) in [5.41, 5.74) is 3.50. The lowest BCUT2D eigenvalue weighted by Gasteiger charge is -2.29. The summed E-state index contributed by atoms with van der Waals surface area (Å²) in [4.78, 5) is 11.8. The van der Waals surface area contributed by atoms with Gasteiger partial charge in [0.1, 0.15) is 11.9 Å². The number of hydrogen-bond acceptors (Lipinski definition) is 5. The van der Waals surface area contributed by atoms with Gasteiger partial charge in [-0.15, -0.1) is 0 Å². The van der Waals surface area contributed by atoms with Gasteiger partial charge in [0.25, 0.3) is 0 Å². The number of benzene rings is 2. The van der Waals surface area contributed by atoms with Crippen LogP contribution in [0.1, 0.15) is 87.2 Å². The van der Waals surface area contributed by atoms with E-state index in [1.807, 2.05) is 6.07 Å². The van der Waals surface area contributed by atoms with Gasteiger partial charge in [-0.25, -0.2) is 4.79 Å². The molecule has 1 atom stereocenters. The minimum Gasteiger partial charge on any atom is -0.467 e. The molecular formula is C28H36O5. The van der Waals surface area contributed by atoms with E-state index in [9.17, 15) is 9.90 Å². The van der Waals surface area contributed by atoms with Crippen LogP contribution in [0.25, 0.3) is 0 Å². The molecule has 33 heavy (non-hydrogen) atoms. The molecule has 0 heterocycles. The Morgan fingerprint density at radius 2 is 1.67 bits per heavy atom. The van der Waals surface area contributed by atoms with E-state index in [1.165, 1.54) is 0 Å². The number of aliphatic hydroxyl groups excluding tert-OH is 1. The van der Waals surface area contributed by atoms with Gasteiger partial charge in [-0.1, -0.05) is 59.4 Å². The molecular weight excluding hydrogens is 416 g/mol. The maximum atomic E-state index is 11.8. The quantitative estimate of drug-likeness (QED) is 0.355. The summed E-state index contributed by atoms with van der Waals surface area (Å²) in [6.45, 7) is 14.9. The van der Waals surface area contributed by atoms with Crippen LogP contribution >= 0.6 is 0 Å². The lowest BCUT2D eigenvalue weighted by atomic mass is 9.78. The number of carbonyl (C=O) groups is 1. The molecule has 0 bridgehead atoms. The van der Waals surface area contributed by atoms with Gasteiger partial charge in [0.05, 0.1) is 12.2 Å². The molecule has 0 radical (unpaired) electrons. The molecule has 2 aromatic carbocycles. The van der Waals surface area contributed by atoms with E-state index in [0.717, 1.165) is 11.1 Å². The van der Waals surface area contributed by atoms with Crippen LogP contribution in [0.2, 0.25) is 0 Å². The van der Waals surface area contributed by atoms with Gasteiger partial charge in [-0.3, -0.25) is 0 Å². The van der Waals surface area contributed by atoms with Crippen LogP contribution in [0.4, 0.5) is 0 Å². The summed E-state index contributed by atoms with van der Waals surface area (Å²) in [5.74, 6) is 6.16. The third-order valence-electron chi connectivity index (χ3n) is 5.16. The molecule has 0 aromatic heterocycles. The van der Waals surface area contributed by atoms with Gasteiger partial charge in [0.15, 0.2) is 6.79 Å².